The van der Waals surface area contributed by atoms with Crippen molar-refractivity contribution in [3.05, 3.63) is 0 Å². The molecule has 5 nitrogen and oxygen atoms in total. The zero-order valence-electron chi connectivity index (χ0n) is 9.74. The Morgan fingerprint density at radius 2 is 2.00 bits per heavy atom. The third kappa shape index (κ3) is 2.13. The molecule has 2 aliphatic rings. The molecule has 0 aromatic heterocycles. The van der Waals surface area contributed by atoms with Crippen molar-refractivity contribution in [2.24, 2.45) is 0 Å². The van der Waals surface area contributed by atoms with Crippen molar-refractivity contribution in [3.63, 3.8) is 0 Å². The molecule has 0 unspecified atom stereocenters. The van der Waals surface area contributed by atoms with Gasteiger partial charge in [-0.2, -0.15) is 0 Å². The molecule has 1 N–H and O–H groups in total. The Bertz CT molecular complexity index is 285. The summed E-state index contributed by atoms with van der Waals surface area (Å²) in [4.78, 5) is 26.8. The average molecular weight is 225 g/mol. The lowest BCUT2D eigenvalue weighted by molar-refractivity contribution is -0.130. The molecule has 0 aromatic rings. The molecule has 0 spiro atoms. The van der Waals surface area contributed by atoms with Crippen LogP contribution in [-0.4, -0.2) is 54.5 Å². The third-order valence-corrected chi connectivity index (χ3v) is 3.52. The third-order valence-electron chi connectivity index (χ3n) is 3.52. The fraction of sp³-hybridized carbons (Fsp3) is 0.818. The van der Waals surface area contributed by atoms with Crippen LogP contribution in [0.2, 0.25) is 0 Å². The molecule has 2 heterocycles. The first-order valence-electron chi connectivity index (χ1n) is 5.98. The standard InChI is InChI=1S/C11H19N3O2/c1-12-11(16)13-7-4-9(5-8-13)14-6-2-3-10(14)15/h9H,2-8H2,1H3,(H,12,16). The van der Waals surface area contributed by atoms with Crippen molar-refractivity contribution in [3.8, 4) is 0 Å². The lowest BCUT2D eigenvalue weighted by Crippen LogP contribution is -2.49. The fourth-order valence-corrected chi connectivity index (χ4v) is 2.59. The van der Waals surface area contributed by atoms with Gasteiger partial charge in [0.2, 0.25) is 5.91 Å². The first-order valence-corrected chi connectivity index (χ1v) is 5.98. The van der Waals surface area contributed by atoms with Crippen molar-refractivity contribution in [2.45, 2.75) is 31.7 Å². The van der Waals surface area contributed by atoms with E-state index < -0.39 is 0 Å². The summed E-state index contributed by atoms with van der Waals surface area (Å²) in [6.45, 7) is 2.42. The average Bonchev–Trinajstić information content (AvgIpc) is 2.75. The number of piperidine rings is 1. The molecule has 0 atom stereocenters. The van der Waals surface area contributed by atoms with Crippen LogP contribution in [0.5, 0.6) is 0 Å². The van der Waals surface area contributed by atoms with E-state index in [-0.39, 0.29) is 6.03 Å². The number of nitrogens with one attached hydrogen (secondary N) is 1. The minimum Gasteiger partial charge on any atom is -0.341 e. The van der Waals surface area contributed by atoms with Crippen LogP contribution >= 0.6 is 0 Å². The normalized spacial score (nSPS) is 22.7. The van der Waals surface area contributed by atoms with Crippen LogP contribution in [0.1, 0.15) is 25.7 Å². The van der Waals surface area contributed by atoms with E-state index in [0.717, 1.165) is 38.9 Å². The molecule has 90 valence electrons. The molecule has 0 radical (unpaired) electrons. The number of rotatable bonds is 1. The summed E-state index contributed by atoms with van der Waals surface area (Å²) in [6, 6.07) is 0.349. The summed E-state index contributed by atoms with van der Waals surface area (Å²) in [5, 5.41) is 2.63. The highest BCUT2D eigenvalue weighted by atomic mass is 16.2. The molecule has 3 amide bonds. The minimum atomic E-state index is -0.00815. The number of amides is 3. The van der Waals surface area contributed by atoms with Gasteiger partial charge in [0.25, 0.3) is 0 Å². The van der Waals surface area contributed by atoms with Gasteiger partial charge < -0.3 is 15.1 Å². The lowest BCUT2D eigenvalue weighted by atomic mass is 10.0. The van der Waals surface area contributed by atoms with Gasteiger partial charge in [-0.3, -0.25) is 4.79 Å². The van der Waals surface area contributed by atoms with Crippen LogP contribution in [0.3, 0.4) is 0 Å². The van der Waals surface area contributed by atoms with Gasteiger partial charge in [-0.1, -0.05) is 0 Å². The molecule has 0 aromatic carbocycles. The van der Waals surface area contributed by atoms with Crippen LogP contribution in [0.25, 0.3) is 0 Å². The maximum Gasteiger partial charge on any atom is 0.317 e. The van der Waals surface area contributed by atoms with E-state index in [1.54, 1.807) is 7.05 Å². The zero-order chi connectivity index (χ0) is 11.5. The minimum absolute atomic E-state index is 0.00815. The molecule has 2 aliphatic heterocycles. The second-order valence-corrected chi connectivity index (χ2v) is 4.46. The Kier molecular flexibility index (Phi) is 3.31. The summed E-state index contributed by atoms with van der Waals surface area (Å²) in [5.41, 5.74) is 0. The Labute approximate surface area is 95.8 Å². The number of carbonyl (C=O) groups is 2. The summed E-state index contributed by atoms with van der Waals surface area (Å²) < 4.78 is 0. The van der Waals surface area contributed by atoms with Crippen LogP contribution < -0.4 is 5.32 Å². The Hall–Kier alpha value is -1.26. The van der Waals surface area contributed by atoms with Gasteiger partial charge in [0.1, 0.15) is 0 Å². The monoisotopic (exact) mass is 225 g/mol. The van der Waals surface area contributed by atoms with Crippen molar-refractivity contribution in [1.82, 2.24) is 15.1 Å². The first kappa shape index (κ1) is 11.2. The topological polar surface area (TPSA) is 52.7 Å². The predicted molar refractivity (Wildman–Crippen MR) is 60.0 cm³/mol. The second-order valence-electron chi connectivity index (χ2n) is 4.46. The Morgan fingerprint density at radius 3 is 2.50 bits per heavy atom. The van der Waals surface area contributed by atoms with Crippen LogP contribution in [0.4, 0.5) is 4.79 Å². The number of hydrogen-bond acceptors (Lipinski definition) is 2. The highest BCUT2D eigenvalue weighted by Crippen LogP contribution is 2.21. The van der Waals surface area contributed by atoms with Gasteiger partial charge in [-0.25, -0.2) is 4.79 Å². The number of hydrogen-bond donors (Lipinski definition) is 1. The molecule has 16 heavy (non-hydrogen) atoms. The van der Waals surface area contributed by atoms with Gasteiger partial charge >= 0.3 is 6.03 Å². The van der Waals surface area contributed by atoms with Crippen LogP contribution in [0.15, 0.2) is 0 Å². The fourth-order valence-electron chi connectivity index (χ4n) is 2.59. The molecule has 2 saturated heterocycles. The first-order chi connectivity index (χ1) is 7.72. The highest BCUT2D eigenvalue weighted by Gasteiger charge is 2.31. The highest BCUT2D eigenvalue weighted by molar-refractivity contribution is 5.78. The molecular weight excluding hydrogens is 206 g/mol. The summed E-state index contributed by atoms with van der Waals surface area (Å²) in [6.07, 6.45) is 3.53. The Balaban J connectivity index is 1.85. The lowest BCUT2D eigenvalue weighted by Gasteiger charge is -2.36. The number of likely N-dealkylation sites (tertiary alicyclic amines) is 2. The zero-order valence-corrected chi connectivity index (χ0v) is 9.74. The van der Waals surface area contributed by atoms with Crippen molar-refractivity contribution >= 4 is 11.9 Å². The van der Waals surface area contributed by atoms with E-state index in [4.69, 9.17) is 0 Å². The predicted octanol–water partition coefficient (Wildman–Crippen LogP) is 0.413. The van der Waals surface area contributed by atoms with E-state index in [1.807, 2.05) is 9.80 Å². The molecular formula is C11H19N3O2. The van der Waals surface area contributed by atoms with Gasteiger partial charge in [0.15, 0.2) is 0 Å². The molecule has 5 heteroatoms. The van der Waals surface area contributed by atoms with Crippen LogP contribution in [0, 0.1) is 0 Å². The van der Waals surface area contributed by atoms with Crippen molar-refractivity contribution in [2.75, 3.05) is 26.7 Å². The number of carbonyl (C=O) groups excluding carboxylic acids is 2. The van der Waals surface area contributed by atoms with Crippen molar-refractivity contribution < 1.29 is 9.59 Å². The van der Waals surface area contributed by atoms with Gasteiger partial charge in [0.05, 0.1) is 0 Å². The van der Waals surface area contributed by atoms with E-state index in [2.05, 4.69) is 5.32 Å². The largest absolute Gasteiger partial charge is 0.341 e. The number of urea groups is 1. The van der Waals surface area contributed by atoms with E-state index >= 15 is 0 Å². The number of nitrogens with zero attached hydrogens (tertiary/aromatic N) is 2. The molecule has 0 saturated carbocycles. The SMILES string of the molecule is CNC(=O)N1CCC(N2CCCC2=O)CC1. The summed E-state index contributed by atoms with van der Waals surface area (Å²) >= 11 is 0. The quantitative estimate of drug-likeness (QED) is 0.703. The molecule has 0 aliphatic carbocycles. The maximum atomic E-state index is 11.6. The van der Waals surface area contributed by atoms with Gasteiger partial charge in [0, 0.05) is 39.1 Å². The molecule has 0 bridgehead atoms. The summed E-state index contributed by atoms with van der Waals surface area (Å²) in [7, 11) is 1.65. The molecule has 2 fully saturated rings. The van der Waals surface area contributed by atoms with E-state index in [0.29, 0.717) is 18.4 Å². The van der Waals surface area contributed by atoms with Gasteiger partial charge in [-0.05, 0) is 19.3 Å². The van der Waals surface area contributed by atoms with Crippen LogP contribution in [-0.2, 0) is 4.79 Å². The summed E-state index contributed by atoms with van der Waals surface area (Å²) in [5.74, 6) is 0.290. The second kappa shape index (κ2) is 4.72. The Morgan fingerprint density at radius 1 is 1.31 bits per heavy atom. The van der Waals surface area contributed by atoms with Crippen molar-refractivity contribution in [1.29, 1.82) is 0 Å². The van der Waals surface area contributed by atoms with Gasteiger partial charge in [-0.15, -0.1) is 0 Å². The smallest absolute Gasteiger partial charge is 0.317 e. The van der Waals surface area contributed by atoms with E-state index in [1.165, 1.54) is 0 Å². The molecule has 2 rings (SSSR count). The maximum absolute atomic E-state index is 11.6. The van der Waals surface area contributed by atoms with E-state index in [9.17, 15) is 9.59 Å².